The molecule has 0 atom stereocenters. The number of nitrogens with zero attached hydrogens (tertiary/aromatic N) is 1. The van der Waals surface area contributed by atoms with E-state index < -0.39 is 0 Å². The normalized spacial score (nSPS) is 11.4. The van der Waals surface area contributed by atoms with Crippen molar-refractivity contribution in [1.29, 1.82) is 0 Å². The van der Waals surface area contributed by atoms with Gasteiger partial charge in [0.25, 0.3) is 0 Å². The van der Waals surface area contributed by atoms with E-state index in [2.05, 4.69) is 37.9 Å². The van der Waals surface area contributed by atoms with Crippen molar-refractivity contribution in [3.8, 4) is 11.6 Å². The number of ether oxygens (including phenoxy) is 1. The summed E-state index contributed by atoms with van der Waals surface area (Å²) in [5.74, 6) is 1.36. The zero-order valence-corrected chi connectivity index (χ0v) is 11.7. The van der Waals surface area contributed by atoms with E-state index in [0.717, 1.165) is 11.4 Å². The van der Waals surface area contributed by atoms with Crippen molar-refractivity contribution in [2.24, 2.45) is 5.73 Å². The molecule has 100 valence electrons. The Bertz CT molecular complexity index is 541. The second kappa shape index (κ2) is 5.41. The third-order valence-corrected chi connectivity index (χ3v) is 2.93. The molecule has 0 fully saturated rings. The van der Waals surface area contributed by atoms with Gasteiger partial charge in [-0.1, -0.05) is 39.0 Å². The first-order valence-corrected chi connectivity index (χ1v) is 6.43. The van der Waals surface area contributed by atoms with Gasteiger partial charge in [0.2, 0.25) is 5.88 Å². The van der Waals surface area contributed by atoms with E-state index in [0.29, 0.717) is 12.4 Å². The summed E-state index contributed by atoms with van der Waals surface area (Å²) in [6, 6.07) is 13.7. The quantitative estimate of drug-likeness (QED) is 0.912. The Morgan fingerprint density at radius 3 is 2.32 bits per heavy atom. The van der Waals surface area contributed by atoms with Crippen LogP contribution in [0.25, 0.3) is 0 Å². The van der Waals surface area contributed by atoms with Crippen LogP contribution in [0.3, 0.4) is 0 Å². The minimum Gasteiger partial charge on any atom is -0.439 e. The Balaban J connectivity index is 2.15. The van der Waals surface area contributed by atoms with Gasteiger partial charge in [0, 0.05) is 12.6 Å². The highest BCUT2D eigenvalue weighted by molar-refractivity contribution is 5.33. The molecule has 2 aromatic rings. The standard InChI is InChI=1S/C16H20N2O/c1-16(2,3)12-7-9-14(10-8-12)19-15-6-4-5-13(11-17)18-15/h4-10H,11,17H2,1-3H3. The smallest absolute Gasteiger partial charge is 0.219 e. The maximum absolute atomic E-state index is 5.72. The summed E-state index contributed by atoms with van der Waals surface area (Å²) in [4.78, 5) is 4.31. The number of nitrogens with two attached hydrogens (primary N) is 1. The molecule has 3 nitrogen and oxygen atoms in total. The van der Waals surface area contributed by atoms with E-state index >= 15 is 0 Å². The molecule has 1 heterocycles. The topological polar surface area (TPSA) is 48.1 Å². The predicted molar refractivity (Wildman–Crippen MR) is 77.3 cm³/mol. The third-order valence-electron chi connectivity index (χ3n) is 2.93. The lowest BCUT2D eigenvalue weighted by Gasteiger charge is -2.19. The van der Waals surface area contributed by atoms with Crippen molar-refractivity contribution in [3.05, 3.63) is 53.7 Å². The molecule has 0 radical (unpaired) electrons. The summed E-state index contributed by atoms with van der Waals surface area (Å²) in [5.41, 5.74) is 7.81. The zero-order valence-electron chi connectivity index (χ0n) is 11.7. The molecule has 0 saturated heterocycles. The summed E-state index contributed by atoms with van der Waals surface area (Å²) in [7, 11) is 0. The number of pyridine rings is 1. The third kappa shape index (κ3) is 3.55. The molecule has 0 amide bonds. The van der Waals surface area contributed by atoms with Gasteiger partial charge in [-0.3, -0.25) is 0 Å². The molecule has 0 saturated carbocycles. The van der Waals surface area contributed by atoms with E-state index in [1.165, 1.54) is 5.56 Å². The first-order chi connectivity index (χ1) is 8.99. The van der Waals surface area contributed by atoms with Gasteiger partial charge in [-0.15, -0.1) is 0 Å². The summed E-state index contributed by atoms with van der Waals surface area (Å²) in [6.07, 6.45) is 0. The summed E-state index contributed by atoms with van der Waals surface area (Å²) >= 11 is 0. The maximum atomic E-state index is 5.72. The second-order valence-corrected chi connectivity index (χ2v) is 5.55. The van der Waals surface area contributed by atoms with Crippen molar-refractivity contribution in [2.75, 3.05) is 0 Å². The Kier molecular flexibility index (Phi) is 3.86. The van der Waals surface area contributed by atoms with Gasteiger partial charge in [0.05, 0.1) is 5.69 Å². The zero-order chi connectivity index (χ0) is 13.9. The molecule has 2 N–H and O–H groups in total. The second-order valence-electron chi connectivity index (χ2n) is 5.55. The van der Waals surface area contributed by atoms with Crippen molar-refractivity contribution >= 4 is 0 Å². The Morgan fingerprint density at radius 1 is 1.05 bits per heavy atom. The average molecular weight is 256 g/mol. The number of benzene rings is 1. The van der Waals surface area contributed by atoms with Crippen LogP contribution in [0.2, 0.25) is 0 Å². The van der Waals surface area contributed by atoms with Gasteiger partial charge in [-0.25, -0.2) is 4.98 Å². The summed E-state index contributed by atoms with van der Waals surface area (Å²) in [6.45, 7) is 6.99. The highest BCUT2D eigenvalue weighted by Crippen LogP contribution is 2.26. The van der Waals surface area contributed by atoms with Crippen LogP contribution in [-0.4, -0.2) is 4.98 Å². The summed E-state index contributed by atoms with van der Waals surface area (Å²) < 4.78 is 5.72. The minimum absolute atomic E-state index is 0.149. The van der Waals surface area contributed by atoms with Gasteiger partial charge < -0.3 is 10.5 Å². The molecule has 0 spiro atoms. The summed E-state index contributed by atoms with van der Waals surface area (Å²) in [5, 5.41) is 0. The Morgan fingerprint density at radius 2 is 1.74 bits per heavy atom. The number of rotatable bonds is 3. The molecule has 3 heteroatoms. The number of aromatic nitrogens is 1. The van der Waals surface area contributed by atoms with Crippen molar-refractivity contribution in [1.82, 2.24) is 4.98 Å². The fraction of sp³-hybridized carbons (Fsp3) is 0.312. The lowest BCUT2D eigenvalue weighted by atomic mass is 9.87. The number of hydrogen-bond donors (Lipinski definition) is 1. The van der Waals surface area contributed by atoms with E-state index in [4.69, 9.17) is 10.5 Å². The van der Waals surface area contributed by atoms with Crippen LogP contribution in [0.5, 0.6) is 11.6 Å². The van der Waals surface area contributed by atoms with Crippen LogP contribution in [0.4, 0.5) is 0 Å². The van der Waals surface area contributed by atoms with Crippen LogP contribution >= 0.6 is 0 Å². The molecule has 0 unspecified atom stereocenters. The molecular formula is C16H20N2O. The highest BCUT2D eigenvalue weighted by Gasteiger charge is 2.13. The average Bonchev–Trinajstić information content (AvgIpc) is 2.38. The van der Waals surface area contributed by atoms with Gasteiger partial charge in [0.1, 0.15) is 5.75 Å². The van der Waals surface area contributed by atoms with Gasteiger partial charge in [-0.2, -0.15) is 0 Å². The fourth-order valence-corrected chi connectivity index (χ4v) is 1.77. The first-order valence-electron chi connectivity index (χ1n) is 6.43. The predicted octanol–water partition coefficient (Wildman–Crippen LogP) is 3.63. The lowest BCUT2D eigenvalue weighted by molar-refractivity contribution is 0.460. The minimum atomic E-state index is 0.149. The molecule has 1 aromatic carbocycles. The molecule has 0 aliphatic carbocycles. The van der Waals surface area contributed by atoms with E-state index in [-0.39, 0.29) is 5.41 Å². The number of hydrogen-bond acceptors (Lipinski definition) is 3. The van der Waals surface area contributed by atoms with Crippen molar-refractivity contribution < 1.29 is 4.74 Å². The van der Waals surface area contributed by atoms with Crippen LogP contribution < -0.4 is 10.5 Å². The van der Waals surface area contributed by atoms with Crippen LogP contribution in [0.1, 0.15) is 32.0 Å². The Labute approximate surface area is 114 Å². The van der Waals surface area contributed by atoms with Gasteiger partial charge in [-0.05, 0) is 29.2 Å². The van der Waals surface area contributed by atoms with Gasteiger partial charge in [0.15, 0.2) is 0 Å². The lowest BCUT2D eigenvalue weighted by Crippen LogP contribution is -2.10. The van der Waals surface area contributed by atoms with Crippen LogP contribution in [0, 0.1) is 0 Å². The Hall–Kier alpha value is -1.87. The monoisotopic (exact) mass is 256 g/mol. The fourth-order valence-electron chi connectivity index (χ4n) is 1.77. The highest BCUT2D eigenvalue weighted by atomic mass is 16.5. The van der Waals surface area contributed by atoms with E-state index in [1.807, 2.05) is 30.3 Å². The van der Waals surface area contributed by atoms with Crippen LogP contribution in [-0.2, 0) is 12.0 Å². The van der Waals surface area contributed by atoms with Gasteiger partial charge >= 0.3 is 0 Å². The maximum Gasteiger partial charge on any atom is 0.219 e. The largest absolute Gasteiger partial charge is 0.439 e. The molecule has 2 rings (SSSR count). The molecule has 0 aliphatic rings. The molecule has 0 aliphatic heterocycles. The van der Waals surface area contributed by atoms with Crippen molar-refractivity contribution in [2.45, 2.75) is 32.7 Å². The van der Waals surface area contributed by atoms with E-state index in [9.17, 15) is 0 Å². The molecule has 19 heavy (non-hydrogen) atoms. The molecule has 1 aromatic heterocycles. The van der Waals surface area contributed by atoms with E-state index in [1.54, 1.807) is 0 Å². The van der Waals surface area contributed by atoms with Crippen LogP contribution in [0.15, 0.2) is 42.5 Å². The van der Waals surface area contributed by atoms with Crippen molar-refractivity contribution in [3.63, 3.8) is 0 Å². The molecular weight excluding hydrogens is 236 g/mol. The SMILES string of the molecule is CC(C)(C)c1ccc(Oc2cccc(CN)n2)cc1. The molecule has 0 bridgehead atoms. The first kappa shape index (κ1) is 13.6.